The van der Waals surface area contributed by atoms with Crippen molar-refractivity contribution in [1.82, 2.24) is 4.90 Å². The van der Waals surface area contributed by atoms with Crippen LogP contribution in [0.3, 0.4) is 0 Å². The number of hydrogen-bond donors (Lipinski definition) is 1. The van der Waals surface area contributed by atoms with Crippen LogP contribution in [0.1, 0.15) is 31.1 Å². The molecule has 2 N–H and O–H groups in total. The Hall–Kier alpha value is -0.800. The van der Waals surface area contributed by atoms with Crippen molar-refractivity contribution in [3.8, 4) is 0 Å². The predicted octanol–water partition coefficient (Wildman–Crippen LogP) is 1.90. The number of aryl methyl sites for hydroxylation is 1. The fourth-order valence-corrected chi connectivity index (χ4v) is 2.24. The molecule has 2 rings (SSSR count). The lowest BCUT2D eigenvalue weighted by atomic mass is 9.99. The van der Waals surface area contributed by atoms with E-state index in [1.807, 2.05) is 6.07 Å². The van der Waals surface area contributed by atoms with Crippen LogP contribution in [0.15, 0.2) is 16.7 Å². The standard InChI is InChI=1S/C12H20N2O/c1-9-4-6-15-12(9)8-14-5-3-11(13)7-10(14)2/h4,6,10-11H,3,5,7-8,13H2,1-2H3. The van der Waals surface area contributed by atoms with Gasteiger partial charge >= 0.3 is 0 Å². The highest BCUT2D eigenvalue weighted by Crippen LogP contribution is 2.20. The fourth-order valence-electron chi connectivity index (χ4n) is 2.24. The van der Waals surface area contributed by atoms with Crippen molar-refractivity contribution in [1.29, 1.82) is 0 Å². The van der Waals surface area contributed by atoms with Gasteiger partial charge in [-0.25, -0.2) is 0 Å². The highest BCUT2D eigenvalue weighted by Gasteiger charge is 2.24. The van der Waals surface area contributed by atoms with Crippen molar-refractivity contribution in [2.24, 2.45) is 5.73 Å². The molecule has 1 aromatic heterocycles. The van der Waals surface area contributed by atoms with E-state index in [0.717, 1.165) is 31.7 Å². The number of nitrogens with zero attached hydrogens (tertiary/aromatic N) is 1. The van der Waals surface area contributed by atoms with E-state index in [0.29, 0.717) is 12.1 Å². The summed E-state index contributed by atoms with van der Waals surface area (Å²) >= 11 is 0. The van der Waals surface area contributed by atoms with Crippen molar-refractivity contribution in [3.05, 3.63) is 23.7 Å². The number of piperidine rings is 1. The second-order valence-corrected chi connectivity index (χ2v) is 4.63. The number of rotatable bonds is 2. The van der Waals surface area contributed by atoms with Crippen LogP contribution in [-0.2, 0) is 6.54 Å². The van der Waals surface area contributed by atoms with Gasteiger partial charge in [0.05, 0.1) is 12.8 Å². The summed E-state index contributed by atoms with van der Waals surface area (Å²) in [7, 11) is 0. The molecule has 1 aliphatic heterocycles. The Bertz CT molecular complexity index is 321. The van der Waals surface area contributed by atoms with Gasteiger partial charge in [0, 0.05) is 18.6 Å². The molecule has 0 aliphatic carbocycles. The molecule has 0 bridgehead atoms. The van der Waals surface area contributed by atoms with E-state index < -0.39 is 0 Å². The van der Waals surface area contributed by atoms with Crippen molar-refractivity contribution in [2.75, 3.05) is 6.54 Å². The first kappa shape index (κ1) is 10.7. The highest BCUT2D eigenvalue weighted by atomic mass is 16.3. The number of likely N-dealkylation sites (tertiary alicyclic amines) is 1. The minimum Gasteiger partial charge on any atom is -0.468 e. The molecule has 0 aromatic carbocycles. The Morgan fingerprint density at radius 2 is 2.40 bits per heavy atom. The van der Waals surface area contributed by atoms with Crippen molar-refractivity contribution in [2.45, 2.75) is 45.3 Å². The normalized spacial score (nSPS) is 28.2. The number of hydrogen-bond acceptors (Lipinski definition) is 3. The summed E-state index contributed by atoms with van der Waals surface area (Å²) in [6.07, 6.45) is 3.97. The number of nitrogens with two attached hydrogens (primary N) is 1. The highest BCUT2D eigenvalue weighted by molar-refractivity contribution is 5.14. The maximum atomic E-state index is 5.94. The monoisotopic (exact) mass is 208 g/mol. The zero-order chi connectivity index (χ0) is 10.8. The van der Waals surface area contributed by atoms with E-state index in [-0.39, 0.29) is 0 Å². The molecular weight excluding hydrogens is 188 g/mol. The van der Waals surface area contributed by atoms with E-state index in [9.17, 15) is 0 Å². The van der Waals surface area contributed by atoms with Crippen LogP contribution >= 0.6 is 0 Å². The van der Waals surface area contributed by atoms with Crippen LogP contribution in [0.2, 0.25) is 0 Å². The molecule has 15 heavy (non-hydrogen) atoms. The van der Waals surface area contributed by atoms with E-state index in [2.05, 4.69) is 18.7 Å². The smallest absolute Gasteiger partial charge is 0.120 e. The molecule has 2 heterocycles. The summed E-state index contributed by atoms with van der Waals surface area (Å²) in [5.41, 5.74) is 7.19. The Labute approximate surface area is 91.2 Å². The fraction of sp³-hybridized carbons (Fsp3) is 0.667. The zero-order valence-corrected chi connectivity index (χ0v) is 9.57. The van der Waals surface area contributed by atoms with Gasteiger partial charge in [0.25, 0.3) is 0 Å². The van der Waals surface area contributed by atoms with Gasteiger partial charge in [-0.2, -0.15) is 0 Å². The SMILES string of the molecule is Cc1ccoc1CN1CCC(N)CC1C. The Balaban J connectivity index is 1.98. The molecule has 1 aliphatic rings. The molecule has 0 saturated carbocycles. The summed E-state index contributed by atoms with van der Waals surface area (Å²) in [6, 6.07) is 2.97. The van der Waals surface area contributed by atoms with Gasteiger partial charge in [-0.1, -0.05) is 0 Å². The molecule has 0 spiro atoms. The van der Waals surface area contributed by atoms with Crippen LogP contribution in [-0.4, -0.2) is 23.5 Å². The van der Waals surface area contributed by atoms with E-state index in [4.69, 9.17) is 10.2 Å². The molecule has 3 heteroatoms. The average molecular weight is 208 g/mol. The van der Waals surface area contributed by atoms with Crippen LogP contribution in [0.25, 0.3) is 0 Å². The summed E-state index contributed by atoms with van der Waals surface area (Å²) in [5.74, 6) is 1.09. The maximum absolute atomic E-state index is 5.94. The van der Waals surface area contributed by atoms with Crippen LogP contribution in [0, 0.1) is 6.92 Å². The van der Waals surface area contributed by atoms with Gasteiger partial charge in [0.1, 0.15) is 5.76 Å². The van der Waals surface area contributed by atoms with Crippen molar-refractivity contribution >= 4 is 0 Å². The average Bonchev–Trinajstić information content (AvgIpc) is 2.57. The Morgan fingerprint density at radius 3 is 3.00 bits per heavy atom. The molecule has 0 amide bonds. The molecule has 1 fully saturated rings. The Morgan fingerprint density at radius 1 is 1.60 bits per heavy atom. The minimum atomic E-state index is 0.383. The molecule has 2 atom stereocenters. The van der Waals surface area contributed by atoms with Gasteiger partial charge in [0.15, 0.2) is 0 Å². The van der Waals surface area contributed by atoms with E-state index in [1.165, 1.54) is 5.56 Å². The molecular formula is C12H20N2O. The van der Waals surface area contributed by atoms with Crippen LogP contribution in [0.4, 0.5) is 0 Å². The second kappa shape index (κ2) is 4.37. The molecule has 1 saturated heterocycles. The largest absolute Gasteiger partial charge is 0.468 e. The third kappa shape index (κ3) is 2.41. The van der Waals surface area contributed by atoms with E-state index in [1.54, 1.807) is 6.26 Å². The van der Waals surface area contributed by atoms with Crippen LogP contribution < -0.4 is 5.73 Å². The summed E-state index contributed by atoms with van der Waals surface area (Å²) in [6.45, 7) is 6.35. The van der Waals surface area contributed by atoms with Gasteiger partial charge in [-0.15, -0.1) is 0 Å². The lowest BCUT2D eigenvalue weighted by Gasteiger charge is -2.35. The van der Waals surface area contributed by atoms with Crippen LogP contribution in [0.5, 0.6) is 0 Å². The lowest BCUT2D eigenvalue weighted by molar-refractivity contribution is 0.130. The maximum Gasteiger partial charge on any atom is 0.120 e. The zero-order valence-electron chi connectivity index (χ0n) is 9.57. The van der Waals surface area contributed by atoms with Crippen molar-refractivity contribution in [3.63, 3.8) is 0 Å². The molecule has 2 unspecified atom stereocenters. The quantitative estimate of drug-likeness (QED) is 0.807. The molecule has 3 nitrogen and oxygen atoms in total. The molecule has 84 valence electrons. The first-order valence-electron chi connectivity index (χ1n) is 5.69. The lowest BCUT2D eigenvalue weighted by Crippen LogP contribution is -2.44. The predicted molar refractivity (Wildman–Crippen MR) is 60.5 cm³/mol. The number of furan rings is 1. The summed E-state index contributed by atoms with van der Waals surface area (Å²) < 4.78 is 5.47. The Kier molecular flexibility index (Phi) is 3.12. The summed E-state index contributed by atoms with van der Waals surface area (Å²) in [5, 5.41) is 0. The molecule has 0 radical (unpaired) electrons. The van der Waals surface area contributed by atoms with E-state index >= 15 is 0 Å². The van der Waals surface area contributed by atoms with Gasteiger partial charge in [-0.05, 0) is 38.3 Å². The summed E-state index contributed by atoms with van der Waals surface area (Å²) in [4.78, 5) is 2.45. The second-order valence-electron chi connectivity index (χ2n) is 4.63. The van der Waals surface area contributed by atoms with Crippen molar-refractivity contribution < 1.29 is 4.42 Å². The minimum absolute atomic E-state index is 0.383. The first-order valence-corrected chi connectivity index (χ1v) is 5.69. The van der Waals surface area contributed by atoms with Gasteiger partial charge in [-0.3, -0.25) is 4.90 Å². The van der Waals surface area contributed by atoms with Gasteiger partial charge in [0.2, 0.25) is 0 Å². The molecule has 1 aromatic rings. The third-order valence-corrected chi connectivity index (χ3v) is 3.37. The third-order valence-electron chi connectivity index (χ3n) is 3.37. The topological polar surface area (TPSA) is 42.4 Å². The van der Waals surface area contributed by atoms with Gasteiger partial charge < -0.3 is 10.2 Å². The first-order chi connectivity index (χ1) is 7.16.